The van der Waals surface area contributed by atoms with E-state index >= 15 is 0 Å². The molecule has 1 atom stereocenters. The summed E-state index contributed by atoms with van der Waals surface area (Å²) in [5, 5.41) is 17.0. The molecule has 0 saturated carbocycles. The van der Waals surface area contributed by atoms with Crippen LogP contribution in [-0.2, 0) is 11.3 Å². The highest BCUT2D eigenvalue weighted by molar-refractivity contribution is 5.96. The predicted molar refractivity (Wildman–Crippen MR) is 133 cm³/mol. The van der Waals surface area contributed by atoms with Crippen molar-refractivity contribution in [3.05, 3.63) is 64.4 Å². The third-order valence-electron chi connectivity index (χ3n) is 6.51. The Bertz CT molecular complexity index is 1250. The molecular weight excluding hydrogens is 430 g/mol. The summed E-state index contributed by atoms with van der Waals surface area (Å²) in [6, 6.07) is 14.7. The number of nitrogens with zero attached hydrogens (tertiary/aromatic N) is 3. The normalized spacial score (nSPS) is 16.5. The van der Waals surface area contributed by atoms with Gasteiger partial charge >= 0.3 is 5.97 Å². The Kier molecular flexibility index (Phi) is 7.37. The number of amidine groups is 1. The second kappa shape index (κ2) is 10.6. The van der Waals surface area contributed by atoms with Crippen molar-refractivity contribution in [1.29, 1.82) is 5.41 Å². The average Bonchev–Trinajstić information content (AvgIpc) is 2.85. The molecule has 0 aliphatic carbocycles. The second-order valence-corrected chi connectivity index (χ2v) is 8.94. The number of hydrogen-bond donors (Lipinski definition) is 3. The van der Waals surface area contributed by atoms with Crippen LogP contribution in [0.25, 0.3) is 22.3 Å². The Morgan fingerprint density at radius 1 is 1.12 bits per heavy atom. The number of aliphatic carboxylic acids is 1. The molecule has 2 aromatic carbocycles. The second-order valence-electron chi connectivity index (χ2n) is 8.94. The first-order valence-corrected chi connectivity index (χ1v) is 11.8. The summed E-state index contributed by atoms with van der Waals surface area (Å²) in [6.45, 7) is 3.06. The number of para-hydroxylation sites is 2. The van der Waals surface area contributed by atoms with Crippen molar-refractivity contribution in [2.75, 3.05) is 19.6 Å². The predicted octanol–water partition coefficient (Wildman–Crippen LogP) is 3.31. The molecule has 1 fully saturated rings. The van der Waals surface area contributed by atoms with E-state index in [4.69, 9.17) is 11.1 Å². The van der Waals surface area contributed by atoms with Crippen molar-refractivity contribution in [3.8, 4) is 11.3 Å². The van der Waals surface area contributed by atoms with Gasteiger partial charge in [0.05, 0.1) is 17.0 Å². The number of nitrogens with two attached hydrogens (primary N) is 1. The summed E-state index contributed by atoms with van der Waals surface area (Å²) >= 11 is 0. The minimum atomic E-state index is -0.696. The van der Waals surface area contributed by atoms with Crippen LogP contribution in [0, 0.1) is 11.3 Å². The van der Waals surface area contributed by atoms with Crippen molar-refractivity contribution in [3.63, 3.8) is 0 Å². The standard InChI is InChI=1S/C26H31N5O3/c27-24(28)19-9-6-8-18(16-19)23-25(32)31(22-12-3-2-11-21(22)29-23)15-5-1-4-13-30-14-7-10-20(17-30)26(33)34/h2-3,6,8-9,11-12,16,20H,1,4-5,7,10,13-15,17H2,(H3,27,28)(H,33,34). The Morgan fingerprint density at radius 2 is 1.91 bits per heavy atom. The van der Waals surface area contributed by atoms with Crippen molar-refractivity contribution in [2.24, 2.45) is 11.7 Å². The third kappa shape index (κ3) is 5.34. The van der Waals surface area contributed by atoms with E-state index in [0.717, 1.165) is 56.2 Å². The maximum atomic E-state index is 13.4. The molecule has 8 nitrogen and oxygen atoms in total. The summed E-state index contributed by atoms with van der Waals surface area (Å²) in [5.41, 5.74) is 8.60. The van der Waals surface area contributed by atoms with Crippen molar-refractivity contribution < 1.29 is 9.90 Å². The minimum Gasteiger partial charge on any atom is -0.481 e. The lowest BCUT2D eigenvalue weighted by Gasteiger charge is -2.30. The lowest BCUT2D eigenvalue weighted by molar-refractivity contribution is -0.143. The fourth-order valence-corrected chi connectivity index (χ4v) is 4.68. The Balaban J connectivity index is 1.47. The van der Waals surface area contributed by atoms with Crippen LogP contribution < -0.4 is 11.3 Å². The zero-order chi connectivity index (χ0) is 24.1. The van der Waals surface area contributed by atoms with Gasteiger partial charge in [-0.3, -0.25) is 15.0 Å². The molecule has 4 N–H and O–H groups in total. The van der Waals surface area contributed by atoms with Crippen LogP contribution in [-0.4, -0.2) is 51.0 Å². The number of aromatic nitrogens is 2. The number of likely N-dealkylation sites (tertiary alicyclic amines) is 1. The number of carboxylic acids is 1. The molecule has 8 heteroatoms. The zero-order valence-corrected chi connectivity index (χ0v) is 19.2. The molecule has 1 aromatic heterocycles. The van der Waals surface area contributed by atoms with Gasteiger partial charge in [0.15, 0.2) is 0 Å². The summed E-state index contributed by atoms with van der Waals surface area (Å²) in [6.07, 6.45) is 4.46. The lowest BCUT2D eigenvalue weighted by atomic mass is 9.98. The summed E-state index contributed by atoms with van der Waals surface area (Å²) in [5.74, 6) is -1.000. The molecule has 0 radical (unpaired) electrons. The van der Waals surface area contributed by atoms with Gasteiger partial charge in [0.25, 0.3) is 5.56 Å². The number of benzene rings is 2. The van der Waals surface area contributed by atoms with Crippen LogP contribution in [0.15, 0.2) is 53.3 Å². The Labute approximate surface area is 198 Å². The summed E-state index contributed by atoms with van der Waals surface area (Å²) < 4.78 is 1.79. The number of aryl methyl sites for hydroxylation is 1. The largest absolute Gasteiger partial charge is 0.481 e. The molecule has 0 amide bonds. The number of nitrogens with one attached hydrogen (secondary N) is 1. The van der Waals surface area contributed by atoms with E-state index in [1.807, 2.05) is 30.3 Å². The van der Waals surface area contributed by atoms with Gasteiger partial charge < -0.3 is 20.3 Å². The monoisotopic (exact) mass is 461 g/mol. The SMILES string of the molecule is N=C(N)c1cccc(-c2nc3ccccc3n(CCCCCN3CCCC(C(=O)O)C3)c2=O)c1. The lowest BCUT2D eigenvalue weighted by Crippen LogP contribution is -2.39. The van der Waals surface area contributed by atoms with Crippen molar-refractivity contribution in [1.82, 2.24) is 14.5 Å². The molecule has 1 aliphatic heterocycles. The topological polar surface area (TPSA) is 125 Å². The third-order valence-corrected chi connectivity index (χ3v) is 6.51. The fourth-order valence-electron chi connectivity index (χ4n) is 4.68. The number of carboxylic acid groups (broad SMARTS) is 1. The number of fused-ring (bicyclic) bond motifs is 1. The van der Waals surface area contributed by atoms with Gasteiger partial charge in [0.2, 0.25) is 0 Å². The number of rotatable bonds is 9. The zero-order valence-electron chi connectivity index (χ0n) is 19.2. The highest BCUT2D eigenvalue weighted by Gasteiger charge is 2.24. The molecule has 3 aromatic rings. The highest BCUT2D eigenvalue weighted by atomic mass is 16.4. The maximum Gasteiger partial charge on any atom is 0.307 e. The molecule has 1 unspecified atom stereocenters. The Morgan fingerprint density at radius 3 is 2.71 bits per heavy atom. The van der Waals surface area contributed by atoms with E-state index in [1.54, 1.807) is 22.8 Å². The summed E-state index contributed by atoms with van der Waals surface area (Å²) in [7, 11) is 0. The number of nitrogen functional groups attached to an aromatic ring is 1. The van der Waals surface area contributed by atoms with E-state index in [9.17, 15) is 14.7 Å². The molecule has 4 rings (SSSR count). The average molecular weight is 462 g/mol. The van der Waals surface area contributed by atoms with Crippen LogP contribution >= 0.6 is 0 Å². The van der Waals surface area contributed by atoms with Gasteiger partial charge in [-0.15, -0.1) is 0 Å². The maximum absolute atomic E-state index is 13.4. The van der Waals surface area contributed by atoms with E-state index in [1.165, 1.54) is 0 Å². The quantitative estimate of drug-likeness (QED) is 0.255. The minimum absolute atomic E-state index is 0.0497. The van der Waals surface area contributed by atoms with Gasteiger partial charge in [-0.2, -0.15) is 0 Å². The van der Waals surface area contributed by atoms with Crippen LogP contribution in [0.2, 0.25) is 0 Å². The van der Waals surface area contributed by atoms with Gasteiger partial charge in [0.1, 0.15) is 11.5 Å². The molecule has 0 spiro atoms. The van der Waals surface area contributed by atoms with Gasteiger partial charge in [-0.05, 0) is 57.0 Å². The van der Waals surface area contributed by atoms with Crippen LogP contribution in [0.3, 0.4) is 0 Å². The van der Waals surface area contributed by atoms with Crippen LogP contribution in [0.1, 0.15) is 37.7 Å². The smallest absolute Gasteiger partial charge is 0.307 e. The van der Waals surface area contributed by atoms with E-state index < -0.39 is 5.97 Å². The van der Waals surface area contributed by atoms with Crippen molar-refractivity contribution in [2.45, 2.75) is 38.6 Å². The first-order chi connectivity index (χ1) is 16.4. The number of hydrogen-bond acceptors (Lipinski definition) is 5. The highest BCUT2D eigenvalue weighted by Crippen LogP contribution is 2.20. The van der Waals surface area contributed by atoms with E-state index in [-0.39, 0.29) is 17.3 Å². The number of unbranched alkanes of at least 4 members (excludes halogenated alkanes) is 2. The van der Waals surface area contributed by atoms with Crippen LogP contribution in [0.4, 0.5) is 0 Å². The molecule has 34 heavy (non-hydrogen) atoms. The Hall–Kier alpha value is -3.52. The molecule has 2 heterocycles. The fraction of sp³-hybridized carbons (Fsp3) is 0.385. The molecule has 0 bridgehead atoms. The van der Waals surface area contributed by atoms with E-state index in [0.29, 0.717) is 29.9 Å². The van der Waals surface area contributed by atoms with Crippen LogP contribution in [0.5, 0.6) is 0 Å². The molecule has 1 aliphatic rings. The first-order valence-electron chi connectivity index (χ1n) is 11.8. The van der Waals surface area contributed by atoms with Gasteiger partial charge in [-0.1, -0.05) is 36.8 Å². The van der Waals surface area contributed by atoms with E-state index in [2.05, 4.69) is 9.88 Å². The molecular formula is C26H31N5O3. The molecule has 178 valence electrons. The summed E-state index contributed by atoms with van der Waals surface area (Å²) in [4.78, 5) is 31.6. The number of piperidine rings is 1. The van der Waals surface area contributed by atoms with Gasteiger partial charge in [0, 0.05) is 24.2 Å². The first kappa shape index (κ1) is 23.6. The molecule has 1 saturated heterocycles. The van der Waals surface area contributed by atoms with Crippen molar-refractivity contribution >= 4 is 22.8 Å². The van der Waals surface area contributed by atoms with Gasteiger partial charge in [-0.25, -0.2) is 4.98 Å². The number of carbonyl (C=O) groups is 1.